The van der Waals surface area contributed by atoms with Crippen LogP contribution in [0.5, 0.6) is 6.01 Å². The summed E-state index contributed by atoms with van der Waals surface area (Å²) in [5.74, 6) is -0.685. The van der Waals surface area contributed by atoms with Gasteiger partial charge in [-0.25, -0.2) is 0 Å². The van der Waals surface area contributed by atoms with E-state index in [-0.39, 0.29) is 49.4 Å². The molecule has 0 bridgehead atoms. The van der Waals surface area contributed by atoms with Crippen molar-refractivity contribution in [3.8, 4) is 6.01 Å². The van der Waals surface area contributed by atoms with Gasteiger partial charge in [0.05, 0.1) is 19.3 Å². The molecule has 13 heteroatoms. The molecule has 2 unspecified atom stereocenters. The molecule has 1 heterocycles. The first-order valence-corrected chi connectivity index (χ1v) is 11.2. The average Bonchev–Trinajstić information content (AvgIpc) is 3.15. The number of halogens is 4. The molecule has 0 fully saturated rings. The van der Waals surface area contributed by atoms with Crippen molar-refractivity contribution in [3.63, 3.8) is 0 Å². The van der Waals surface area contributed by atoms with E-state index in [1.165, 1.54) is 23.8 Å². The van der Waals surface area contributed by atoms with E-state index >= 15 is 0 Å². The van der Waals surface area contributed by atoms with Crippen molar-refractivity contribution in [2.24, 2.45) is 0 Å². The van der Waals surface area contributed by atoms with Gasteiger partial charge in [-0.15, -0.1) is 13.2 Å². The third kappa shape index (κ3) is 7.64. The number of aromatic nitrogens is 2. The quantitative estimate of drug-likeness (QED) is 0.408. The first kappa shape index (κ1) is 27.4. The van der Waals surface area contributed by atoms with E-state index in [0.29, 0.717) is 5.02 Å². The number of carbonyl (C=O) groups is 1. The molecule has 196 valence electrons. The maximum absolute atomic E-state index is 13.1. The number of allylic oxidation sites excluding steroid dienone is 2. The Bertz CT molecular complexity index is 1100. The van der Waals surface area contributed by atoms with Crippen LogP contribution < -0.4 is 15.4 Å². The predicted octanol–water partition coefficient (Wildman–Crippen LogP) is 3.49. The zero-order valence-electron chi connectivity index (χ0n) is 19.5. The fourth-order valence-electron chi connectivity index (χ4n) is 3.45. The van der Waals surface area contributed by atoms with Crippen LogP contribution in [0.15, 0.2) is 48.3 Å². The van der Waals surface area contributed by atoms with E-state index in [1.807, 2.05) is 0 Å². The predicted molar refractivity (Wildman–Crippen MR) is 126 cm³/mol. The summed E-state index contributed by atoms with van der Waals surface area (Å²) in [6.07, 6.45) is -2.61. The third-order valence-corrected chi connectivity index (χ3v) is 5.26. The minimum Gasteiger partial charge on any atom is -0.457 e. The summed E-state index contributed by atoms with van der Waals surface area (Å²) < 4.78 is 54.3. The number of methoxy groups -OCH3 is 1. The van der Waals surface area contributed by atoms with Gasteiger partial charge in [0.15, 0.2) is 11.5 Å². The fraction of sp³-hybridized carbons (Fsp3) is 0.391. The molecular formula is C23H26ClF3N4O5. The van der Waals surface area contributed by atoms with Crippen LogP contribution in [0.1, 0.15) is 22.5 Å². The Balaban J connectivity index is 1.90. The molecule has 3 N–H and O–H groups in total. The molecule has 9 nitrogen and oxygen atoms in total. The number of rotatable bonds is 11. The molecule has 36 heavy (non-hydrogen) atoms. The van der Waals surface area contributed by atoms with Crippen molar-refractivity contribution in [1.82, 2.24) is 14.9 Å². The second-order valence-corrected chi connectivity index (χ2v) is 8.24. The van der Waals surface area contributed by atoms with Crippen molar-refractivity contribution < 1.29 is 37.3 Å². The topological polar surface area (TPSA) is 107 Å². The Kier molecular flexibility index (Phi) is 9.24. The largest absolute Gasteiger partial charge is 0.572 e. The third-order valence-electron chi connectivity index (χ3n) is 5.01. The molecule has 0 saturated carbocycles. The van der Waals surface area contributed by atoms with Gasteiger partial charge in [0.2, 0.25) is 0 Å². The molecule has 2 aromatic rings. The summed E-state index contributed by atoms with van der Waals surface area (Å²) in [6.45, 7) is 0.0939. The van der Waals surface area contributed by atoms with Crippen molar-refractivity contribution >= 4 is 23.3 Å². The van der Waals surface area contributed by atoms with Gasteiger partial charge in [-0.3, -0.25) is 9.36 Å². The maximum atomic E-state index is 13.1. The standard InChI is InChI=1S/C23H26ClF3N4O5/c1-28-20-19(21(33)29-11-16(32)13-34-2)31(12-14-6-8-15(24)9-7-14)22(30-20)35-17-4-3-5-18(10-17)36-23(25,26)27/h3-9,16-17,28,32H,10-13H2,1-2H3,(H,29,33). The number of carbonyl (C=O) groups excluding carboxylic acids is 1. The summed E-state index contributed by atoms with van der Waals surface area (Å²) in [7, 11) is 2.99. The Morgan fingerprint density at radius 3 is 2.69 bits per heavy atom. The van der Waals surface area contributed by atoms with Gasteiger partial charge in [0.25, 0.3) is 11.9 Å². The van der Waals surface area contributed by atoms with Crippen molar-refractivity contribution in [2.45, 2.75) is 31.5 Å². The number of aliphatic hydroxyl groups is 1. The monoisotopic (exact) mass is 530 g/mol. The molecule has 0 radical (unpaired) electrons. The molecule has 0 spiro atoms. The van der Waals surface area contributed by atoms with Gasteiger partial charge in [0.1, 0.15) is 11.9 Å². The second-order valence-electron chi connectivity index (χ2n) is 7.80. The van der Waals surface area contributed by atoms with Crippen LogP contribution in [0.3, 0.4) is 0 Å². The summed E-state index contributed by atoms with van der Waals surface area (Å²) >= 11 is 5.98. The zero-order valence-corrected chi connectivity index (χ0v) is 20.3. The van der Waals surface area contributed by atoms with Crippen molar-refractivity contribution in [1.29, 1.82) is 0 Å². The Morgan fingerprint density at radius 1 is 1.33 bits per heavy atom. The number of anilines is 1. The highest BCUT2D eigenvalue weighted by molar-refractivity contribution is 6.30. The number of hydrogen-bond acceptors (Lipinski definition) is 7. The molecule has 1 aromatic carbocycles. The molecule has 1 aliphatic rings. The lowest BCUT2D eigenvalue weighted by molar-refractivity contribution is -0.307. The normalized spacial score (nSPS) is 16.3. The average molecular weight is 531 g/mol. The van der Waals surface area contributed by atoms with E-state index in [9.17, 15) is 23.1 Å². The number of alkyl halides is 3. The van der Waals surface area contributed by atoms with E-state index in [0.717, 1.165) is 5.56 Å². The smallest absolute Gasteiger partial charge is 0.457 e. The summed E-state index contributed by atoms with van der Waals surface area (Å²) in [5.41, 5.74) is 0.868. The SMILES string of the molecule is CNc1nc(OC2C=CC=C(OC(F)(F)F)C2)n(Cc2ccc(Cl)cc2)c1C(=O)NCC(O)COC. The van der Waals surface area contributed by atoms with Crippen LogP contribution in [-0.2, 0) is 16.0 Å². The Hall–Kier alpha value is -3.22. The second kappa shape index (κ2) is 12.2. The number of nitrogens with zero attached hydrogens (tertiary/aromatic N) is 2. The molecule has 0 saturated heterocycles. The van der Waals surface area contributed by atoms with Crippen molar-refractivity contribution in [2.75, 3.05) is 32.6 Å². The summed E-state index contributed by atoms with van der Waals surface area (Å²) in [6, 6.07) is 6.88. The number of imidazole rings is 1. The highest BCUT2D eigenvalue weighted by atomic mass is 35.5. The van der Waals surface area contributed by atoms with Gasteiger partial charge in [-0.05, 0) is 29.8 Å². The number of hydrogen-bond donors (Lipinski definition) is 3. The van der Waals surface area contributed by atoms with E-state index in [1.54, 1.807) is 37.4 Å². The number of amides is 1. The minimum absolute atomic E-state index is 0.000186. The minimum atomic E-state index is -4.83. The van der Waals surface area contributed by atoms with Crippen LogP contribution in [0.2, 0.25) is 5.02 Å². The lowest BCUT2D eigenvalue weighted by atomic mass is 10.1. The molecule has 0 aliphatic heterocycles. The summed E-state index contributed by atoms with van der Waals surface area (Å²) in [5, 5.41) is 15.9. The molecule has 1 aromatic heterocycles. The van der Waals surface area contributed by atoms with Crippen LogP contribution >= 0.6 is 11.6 Å². The first-order valence-electron chi connectivity index (χ1n) is 10.9. The Labute approximate surface area is 210 Å². The molecule has 3 rings (SSSR count). The maximum Gasteiger partial charge on any atom is 0.572 e. The van der Waals surface area contributed by atoms with Crippen molar-refractivity contribution in [3.05, 3.63) is 64.5 Å². The number of nitrogens with one attached hydrogen (secondary N) is 2. The molecule has 1 amide bonds. The lowest BCUT2D eigenvalue weighted by Gasteiger charge is -2.21. The fourth-order valence-corrected chi connectivity index (χ4v) is 3.58. The summed E-state index contributed by atoms with van der Waals surface area (Å²) in [4.78, 5) is 17.5. The Morgan fingerprint density at radius 2 is 2.06 bits per heavy atom. The van der Waals surface area contributed by atoms with E-state index in [4.69, 9.17) is 21.1 Å². The van der Waals surface area contributed by atoms with Crippen LogP contribution in [0, 0.1) is 0 Å². The lowest BCUT2D eigenvalue weighted by Crippen LogP contribution is -2.35. The van der Waals surface area contributed by atoms with Gasteiger partial charge >= 0.3 is 6.36 Å². The molecule has 1 aliphatic carbocycles. The van der Waals surface area contributed by atoms with Gasteiger partial charge in [-0.1, -0.05) is 29.8 Å². The van der Waals surface area contributed by atoms with Gasteiger partial charge < -0.3 is 30.0 Å². The molecule has 2 atom stereocenters. The number of benzene rings is 1. The van der Waals surface area contributed by atoms with Gasteiger partial charge in [-0.2, -0.15) is 4.98 Å². The highest BCUT2D eigenvalue weighted by Gasteiger charge is 2.34. The van der Waals surface area contributed by atoms with Crippen LogP contribution in [0.4, 0.5) is 19.0 Å². The number of ether oxygens (including phenoxy) is 3. The zero-order chi connectivity index (χ0) is 26.3. The van der Waals surface area contributed by atoms with Crippen LogP contribution in [0.25, 0.3) is 0 Å². The number of aliphatic hydroxyl groups excluding tert-OH is 1. The molecular weight excluding hydrogens is 505 g/mol. The van der Waals surface area contributed by atoms with Gasteiger partial charge in [0, 0.05) is 32.1 Å². The van der Waals surface area contributed by atoms with E-state index in [2.05, 4.69) is 20.4 Å². The van der Waals surface area contributed by atoms with E-state index < -0.39 is 24.5 Å². The first-order chi connectivity index (χ1) is 17.1. The highest BCUT2D eigenvalue weighted by Crippen LogP contribution is 2.29. The van der Waals surface area contributed by atoms with Crippen LogP contribution in [-0.4, -0.2) is 66.4 Å².